The van der Waals surface area contributed by atoms with Crippen molar-refractivity contribution in [3.8, 4) is 0 Å². The van der Waals surface area contributed by atoms with Crippen LogP contribution < -0.4 is 0 Å². The van der Waals surface area contributed by atoms with Crippen LogP contribution in [0.4, 0.5) is 0 Å². The second-order valence-electron chi connectivity index (χ2n) is 6.27. The molecule has 0 N–H and O–H groups in total. The highest BCUT2D eigenvalue weighted by atomic mass is 32.1. The Morgan fingerprint density at radius 3 is 2.32 bits per heavy atom. The minimum absolute atomic E-state index is 0.192. The third-order valence-corrected chi connectivity index (χ3v) is 4.94. The molecule has 2 heteroatoms. The van der Waals surface area contributed by atoms with Gasteiger partial charge < -0.3 is 0 Å². The third-order valence-electron chi connectivity index (χ3n) is 3.70. The van der Waals surface area contributed by atoms with Crippen LogP contribution in [0.3, 0.4) is 0 Å². The van der Waals surface area contributed by atoms with Crippen LogP contribution >= 0.6 is 11.3 Å². The van der Waals surface area contributed by atoms with E-state index >= 15 is 0 Å². The molecule has 3 aromatic rings. The normalized spacial score (nSPS) is 12.5. The van der Waals surface area contributed by atoms with E-state index in [4.69, 9.17) is 0 Å². The Bertz CT molecular complexity index is 775. The number of aryl methyl sites for hydroxylation is 2. The number of pyridine rings is 1. The number of aromatic nitrogens is 1. The van der Waals surface area contributed by atoms with E-state index in [1.54, 1.807) is 0 Å². The summed E-state index contributed by atoms with van der Waals surface area (Å²) < 4.78 is 1.39. The average molecular weight is 269 g/mol. The van der Waals surface area contributed by atoms with E-state index in [1.807, 2.05) is 11.3 Å². The molecule has 0 bridgehead atoms. The number of nitrogens with zero attached hydrogens (tertiary/aromatic N) is 1. The lowest BCUT2D eigenvalue weighted by molar-refractivity contribution is 0.587. The van der Waals surface area contributed by atoms with Crippen LogP contribution in [-0.2, 0) is 5.41 Å². The van der Waals surface area contributed by atoms with Crippen molar-refractivity contribution in [3.63, 3.8) is 0 Å². The first-order valence-electron chi connectivity index (χ1n) is 6.68. The molecule has 1 aromatic carbocycles. The summed E-state index contributed by atoms with van der Waals surface area (Å²) in [6.07, 6.45) is 0. The van der Waals surface area contributed by atoms with E-state index < -0.39 is 0 Å². The lowest BCUT2D eigenvalue weighted by Crippen LogP contribution is -2.12. The zero-order chi connectivity index (χ0) is 13.8. The Hall–Kier alpha value is -1.41. The molecule has 0 atom stereocenters. The first kappa shape index (κ1) is 12.6. The van der Waals surface area contributed by atoms with Crippen molar-refractivity contribution < 1.29 is 0 Å². The Kier molecular flexibility index (Phi) is 2.68. The fourth-order valence-corrected chi connectivity index (χ4v) is 3.98. The molecule has 0 spiro atoms. The largest absolute Gasteiger partial charge is 0.242 e. The van der Waals surface area contributed by atoms with Gasteiger partial charge in [0.25, 0.3) is 0 Å². The number of hydrogen-bond acceptors (Lipinski definition) is 2. The summed E-state index contributed by atoms with van der Waals surface area (Å²) in [6.45, 7) is 11.1. The lowest BCUT2D eigenvalue weighted by atomic mass is 9.83. The maximum absolute atomic E-state index is 4.66. The monoisotopic (exact) mass is 269 g/mol. The van der Waals surface area contributed by atoms with E-state index in [2.05, 4.69) is 63.9 Å². The molecular formula is C17H19NS. The van der Waals surface area contributed by atoms with Crippen LogP contribution in [0.25, 0.3) is 20.3 Å². The summed E-state index contributed by atoms with van der Waals surface area (Å²) >= 11 is 1.82. The summed E-state index contributed by atoms with van der Waals surface area (Å²) in [4.78, 5) is 5.82. The summed E-state index contributed by atoms with van der Waals surface area (Å²) in [5, 5.41) is 2.63. The van der Waals surface area contributed by atoms with Crippen LogP contribution in [-0.4, -0.2) is 4.98 Å². The van der Waals surface area contributed by atoms with Crippen LogP contribution in [0.2, 0.25) is 0 Å². The number of rotatable bonds is 0. The molecule has 3 rings (SSSR count). The predicted octanol–water partition coefficient (Wildman–Crippen LogP) is 5.36. The SMILES string of the molecule is Cc1ccc2c(n1)sc1c(C)c(C(C)(C)C)ccc12. The third kappa shape index (κ3) is 1.95. The van der Waals surface area contributed by atoms with Gasteiger partial charge in [-0.1, -0.05) is 32.9 Å². The van der Waals surface area contributed by atoms with Crippen molar-refractivity contribution in [3.05, 3.63) is 41.1 Å². The number of thiophene rings is 1. The van der Waals surface area contributed by atoms with E-state index in [9.17, 15) is 0 Å². The standard InChI is InChI=1S/C17H19NS/c1-10-6-7-13-12-8-9-14(17(3,4)5)11(2)15(12)19-16(13)18-10/h6-9H,1-5H3. The molecule has 19 heavy (non-hydrogen) atoms. The molecular weight excluding hydrogens is 250 g/mol. The fraction of sp³-hybridized carbons (Fsp3) is 0.353. The van der Waals surface area contributed by atoms with Gasteiger partial charge in [0.2, 0.25) is 0 Å². The molecule has 2 aromatic heterocycles. The molecule has 0 unspecified atom stereocenters. The second-order valence-corrected chi connectivity index (χ2v) is 7.27. The predicted molar refractivity (Wildman–Crippen MR) is 85.3 cm³/mol. The molecule has 0 radical (unpaired) electrons. The summed E-state index contributed by atoms with van der Waals surface area (Å²) in [5.41, 5.74) is 4.12. The smallest absolute Gasteiger partial charge is 0.124 e. The van der Waals surface area contributed by atoms with Gasteiger partial charge in [-0.15, -0.1) is 11.3 Å². The molecule has 0 saturated heterocycles. The van der Waals surface area contributed by atoms with Crippen LogP contribution in [0, 0.1) is 13.8 Å². The first-order chi connectivity index (χ1) is 8.88. The molecule has 98 valence electrons. The maximum Gasteiger partial charge on any atom is 0.124 e. The molecule has 0 aliphatic rings. The zero-order valence-corrected chi connectivity index (χ0v) is 13.0. The van der Waals surface area contributed by atoms with Gasteiger partial charge in [0.1, 0.15) is 4.83 Å². The van der Waals surface area contributed by atoms with Crippen molar-refractivity contribution in [1.82, 2.24) is 4.98 Å². The van der Waals surface area contributed by atoms with Gasteiger partial charge in [-0.05, 0) is 42.5 Å². The molecule has 0 fully saturated rings. The van der Waals surface area contributed by atoms with Crippen LogP contribution in [0.15, 0.2) is 24.3 Å². The van der Waals surface area contributed by atoms with Gasteiger partial charge in [-0.25, -0.2) is 4.98 Å². The number of fused-ring (bicyclic) bond motifs is 3. The molecule has 0 amide bonds. The Labute approximate surface area is 118 Å². The highest BCUT2D eigenvalue weighted by molar-refractivity contribution is 7.25. The van der Waals surface area contributed by atoms with E-state index in [0.29, 0.717) is 0 Å². The Balaban J connectivity index is 2.41. The summed E-state index contributed by atoms with van der Waals surface area (Å²) in [6, 6.07) is 8.84. The van der Waals surface area contributed by atoms with E-state index in [0.717, 1.165) is 10.5 Å². The highest BCUT2D eigenvalue weighted by Gasteiger charge is 2.19. The van der Waals surface area contributed by atoms with Gasteiger partial charge in [0.05, 0.1) is 0 Å². The number of hydrogen-bond donors (Lipinski definition) is 0. The summed E-state index contributed by atoms with van der Waals surface area (Å²) in [5.74, 6) is 0. The summed E-state index contributed by atoms with van der Waals surface area (Å²) in [7, 11) is 0. The van der Waals surface area contributed by atoms with Gasteiger partial charge in [-0.3, -0.25) is 0 Å². The second kappa shape index (κ2) is 4.04. The molecule has 1 nitrogen and oxygen atoms in total. The van der Waals surface area contributed by atoms with Gasteiger partial charge >= 0.3 is 0 Å². The molecule has 0 saturated carbocycles. The van der Waals surface area contributed by atoms with Gasteiger partial charge in [0, 0.05) is 21.2 Å². The van der Waals surface area contributed by atoms with Crippen molar-refractivity contribution in [2.75, 3.05) is 0 Å². The average Bonchev–Trinajstić information content (AvgIpc) is 2.66. The Morgan fingerprint density at radius 2 is 1.63 bits per heavy atom. The van der Waals surface area contributed by atoms with E-state index in [1.165, 1.54) is 26.6 Å². The van der Waals surface area contributed by atoms with Gasteiger partial charge in [-0.2, -0.15) is 0 Å². The number of benzene rings is 1. The Morgan fingerprint density at radius 1 is 0.947 bits per heavy atom. The van der Waals surface area contributed by atoms with Crippen molar-refractivity contribution in [1.29, 1.82) is 0 Å². The van der Waals surface area contributed by atoms with Gasteiger partial charge in [0.15, 0.2) is 0 Å². The molecule has 2 heterocycles. The van der Waals surface area contributed by atoms with Crippen molar-refractivity contribution >= 4 is 31.6 Å². The maximum atomic E-state index is 4.66. The fourth-order valence-electron chi connectivity index (χ4n) is 2.76. The molecule has 0 aliphatic heterocycles. The zero-order valence-electron chi connectivity index (χ0n) is 12.2. The van der Waals surface area contributed by atoms with Crippen LogP contribution in [0.1, 0.15) is 37.6 Å². The minimum atomic E-state index is 0.192. The molecule has 0 aliphatic carbocycles. The highest BCUT2D eigenvalue weighted by Crippen LogP contribution is 2.38. The first-order valence-corrected chi connectivity index (χ1v) is 7.49. The van der Waals surface area contributed by atoms with Crippen molar-refractivity contribution in [2.24, 2.45) is 0 Å². The minimum Gasteiger partial charge on any atom is -0.242 e. The topological polar surface area (TPSA) is 12.9 Å². The van der Waals surface area contributed by atoms with E-state index in [-0.39, 0.29) is 5.41 Å². The van der Waals surface area contributed by atoms with Crippen LogP contribution in [0.5, 0.6) is 0 Å². The van der Waals surface area contributed by atoms with Crippen molar-refractivity contribution in [2.45, 2.75) is 40.0 Å². The lowest BCUT2D eigenvalue weighted by Gasteiger charge is -2.21. The quantitative estimate of drug-likeness (QED) is 0.535.